The summed E-state index contributed by atoms with van der Waals surface area (Å²) in [6, 6.07) is 10.9. The van der Waals surface area contributed by atoms with Crippen LogP contribution in [0.1, 0.15) is 87.2 Å². The molecule has 0 saturated heterocycles. The molecule has 2 N–H and O–H groups in total. The standard InChI is InChI=1S/C40H53ClN4O6S/c1-5-51-39(3)20-31(21-39)42-38(47)44-52(48)23-26(2)8-6-10-35(49-4)32-14-11-29(32)22-45-24-40(17-7-9-27-18-30(41)13-15-33(27)40)25-50-36-16-12-28(19-34(36)45)37(46)43-52/h6,10,12-13,15-16,18-19,26,29,31-32,35H,5,7-9,11,14,17,20-25H2,1-4H3,(H2,42,43,44,46,47,48)/b10-6+/t26-,29-,31?,32+,35?,39?,40-,52?/m0/s1. The Kier molecular flexibility index (Phi) is 10.7. The lowest BCUT2D eigenvalue weighted by Crippen LogP contribution is -2.57. The van der Waals surface area contributed by atoms with Crippen LogP contribution in [0.4, 0.5) is 10.5 Å². The van der Waals surface area contributed by atoms with E-state index in [0.717, 1.165) is 55.9 Å². The number of halogens is 1. The molecule has 2 unspecified atom stereocenters. The number of hydrogen-bond donors (Lipinski definition) is 2. The van der Waals surface area contributed by atoms with Gasteiger partial charge in [0.1, 0.15) is 15.7 Å². The molecule has 0 aromatic heterocycles. The van der Waals surface area contributed by atoms with Gasteiger partial charge in [0, 0.05) is 48.8 Å². The summed E-state index contributed by atoms with van der Waals surface area (Å²) >= 11 is 6.46. The second-order valence-electron chi connectivity index (χ2n) is 16.0. The number of allylic oxidation sites excluding steroid dienone is 1. The molecule has 2 bridgehead atoms. The average molecular weight is 753 g/mol. The molecule has 12 heteroatoms. The summed E-state index contributed by atoms with van der Waals surface area (Å²) in [5.41, 5.74) is 3.14. The van der Waals surface area contributed by atoms with E-state index in [1.165, 1.54) is 11.1 Å². The first-order valence-corrected chi connectivity index (χ1v) is 21.0. The number of carbonyl (C=O) groups excluding carboxylic acids is 2. The third kappa shape index (κ3) is 7.74. The van der Waals surface area contributed by atoms with Gasteiger partial charge in [-0.3, -0.25) is 9.52 Å². The monoisotopic (exact) mass is 752 g/mol. The van der Waals surface area contributed by atoms with Gasteiger partial charge < -0.3 is 24.4 Å². The number of aryl methyl sites for hydroxylation is 1. The van der Waals surface area contributed by atoms with Crippen molar-refractivity contribution in [3.8, 4) is 5.75 Å². The molecule has 2 aromatic carbocycles. The first-order valence-electron chi connectivity index (χ1n) is 18.9. The van der Waals surface area contributed by atoms with Gasteiger partial charge in [0.25, 0.3) is 5.91 Å². The number of rotatable bonds is 5. The summed E-state index contributed by atoms with van der Waals surface area (Å²) in [5.74, 6) is 0.704. The molecule has 3 amide bonds. The highest BCUT2D eigenvalue weighted by molar-refractivity contribution is 7.92. The number of nitrogens with zero attached hydrogens (tertiary/aromatic N) is 2. The van der Waals surface area contributed by atoms with Gasteiger partial charge >= 0.3 is 6.03 Å². The van der Waals surface area contributed by atoms with E-state index in [4.69, 9.17) is 25.8 Å². The van der Waals surface area contributed by atoms with Crippen LogP contribution in [0.15, 0.2) is 52.9 Å². The number of amides is 3. The minimum atomic E-state index is -3.50. The topological polar surface area (TPSA) is 119 Å². The summed E-state index contributed by atoms with van der Waals surface area (Å²) in [5, 5.41) is 3.66. The molecule has 2 fully saturated rings. The van der Waals surface area contributed by atoms with Crippen molar-refractivity contribution >= 4 is 39.1 Å². The summed E-state index contributed by atoms with van der Waals surface area (Å²) in [4.78, 5) is 29.6. The third-order valence-corrected chi connectivity index (χ3v) is 14.2. The van der Waals surface area contributed by atoms with E-state index in [2.05, 4.69) is 43.6 Å². The number of methoxy groups -OCH3 is 1. The summed E-state index contributed by atoms with van der Waals surface area (Å²) in [6.07, 6.45) is 11.2. The van der Waals surface area contributed by atoms with Crippen LogP contribution in [0.5, 0.6) is 5.75 Å². The van der Waals surface area contributed by atoms with E-state index in [-0.39, 0.29) is 34.8 Å². The molecule has 5 aliphatic rings. The zero-order valence-corrected chi connectivity index (χ0v) is 32.4. The Hall–Kier alpha value is -3.12. The molecule has 2 saturated carbocycles. The van der Waals surface area contributed by atoms with E-state index in [1.807, 2.05) is 39.0 Å². The van der Waals surface area contributed by atoms with Crippen LogP contribution in [-0.4, -0.2) is 73.1 Å². The Morgan fingerprint density at radius 3 is 2.77 bits per heavy atom. The zero-order valence-electron chi connectivity index (χ0n) is 30.8. The number of nitrogens with one attached hydrogen (secondary N) is 2. The average Bonchev–Trinajstić information content (AvgIpc) is 3.21. The molecular weight excluding hydrogens is 700 g/mol. The molecule has 0 radical (unpaired) electrons. The van der Waals surface area contributed by atoms with Crippen molar-refractivity contribution in [3.05, 3.63) is 70.3 Å². The molecule has 1 spiro atoms. The van der Waals surface area contributed by atoms with Crippen molar-refractivity contribution in [3.63, 3.8) is 0 Å². The number of hydrogen-bond acceptors (Lipinski definition) is 7. The lowest BCUT2D eigenvalue weighted by atomic mass is 9.68. The molecule has 2 aliphatic heterocycles. The maximum absolute atomic E-state index is 14.5. The van der Waals surface area contributed by atoms with E-state index >= 15 is 0 Å². The molecule has 2 aromatic rings. The van der Waals surface area contributed by atoms with Crippen LogP contribution in [0.25, 0.3) is 0 Å². The number of urea groups is 1. The fourth-order valence-electron chi connectivity index (χ4n) is 9.28. The van der Waals surface area contributed by atoms with Gasteiger partial charge in [-0.1, -0.05) is 36.7 Å². The Morgan fingerprint density at radius 1 is 1.19 bits per heavy atom. The predicted molar refractivity (Wildman–Crippen MR) is 205 cm³/mol. The van der Waals surface area contributed by atoms with Crippen molar-refractivity contribution in [2.45, 2.75) is 95.3 Å². The molecule has 6 atom stereocenters. The molecule has 7 rings (SSSR count). The van der Waals surface area contributed by atoms with Crippen LogP contribution in [0.2, 0.25) is 5.02 Å². The summed E-state index contributed by atoms with van der Waals surface area (Å²) in [6.45, 7) is 8.55. The first kappa shape index (κ1) is 37.2. The van der Waals surface area contributed by atoms with E-state index in [1.54, 1.807) is 13.2 Å². The van der Waals surface area contributed by atoms with Crippen molar-refractivity contribution < 1.29 is 28.0 Å². The van der Waals surface area contributed by atoms with Gasteiger partial charge in [0.2, 0.25) is 0 Å². The summed E-state index contributed by atoms with van der Waals surface area (Å²) in [7, 11) is -1.73. The van der Waals surface area contributed by atoms with Crippen molar-refractivity contribution in [2.24, 2.45) is 22.1 Å². The molecule has 52 heavy (non-hydrogen) atoms. The quantitative estimate of drug-likeness (QED) is 0.310. The number of carbonyl (C=O) groups is 2. The van der Waals surface area contributed by atoms with Crippen LogP contribution in [0.3, 0.4) is 0 Å². The molecule has 3 aliphatic carbocycles. The fraction of sp³-hybridized carbons (Fsp3) is 0.600. The lowest BCUT2D eigenvalue weighted by Gasteiger charge is -2.46. The number of fused-ring (bicyclic) bond motifs is 4. The molecule has 282 valence electrons. The van der Waals surface area contributed by atoms with E-state index in [0.29, 0.717) is 55.6 Å². The minimum Gasteiger partial charge on any atom is -0.490 e. The maximum Gasteiger partial charge on any atom is 0.327 e. The second kappa shape index (κ2) is 15.0. The highest BCUT2D eigenvalue weighted by atomic mass is 35.5. The fourth-order valence-corrected chi connectivity index (χ4v) is 11.3. The Balaban J connectivity index is 1.23. The SMILES string of the molecule is CCOC1(C)CC(NC(=O)NS2(=O)=NC(=O)c3ccc4c(c3)N(C[C@@H]3CC[C@H]3C(OC)/C=C/C[C@H](C)C2)C[C@@]2(CCCc3cc(Cl)ccc32)CO4)C1. The molecular formula is C40H53ClN4O6S. The maximum atomic E-state index is 14.5. The molecule has 2 heterocycles. The van der Waals surface area contributed by atoms with E-state index in [9.17, 15) is 13.8 Å². The lowest BCUT2D eigenvalue weighted by molar-refractivity contribution is -0.0940. The van der Waals surface area contributed by atoms with Gasteiger partial charge in [-0.05, 0) is 124 Å². The van der Waals surface area contributed by atoms with Gasteiger partial charge in [-0.15, -0.1) is 4.36 Å². The van der Waals surface area contributed by atoms with Crippen LogP contribution >= 0.6 is 11.6 Å². The third-order valence-electron chi connectivity index (χ3n) is 12.0. The van der Waals surface area contributed by atoms with Crippen LogP contribution in [0, 0.1) is 17.8 Å². The highest BCUT2D eigenvalue weighted by Crippen LogP contribution is 2.47. The Labute approximate surface area is 313 Å². The van der Waals surface area contributed by atoms with Crippen molar-refractivity contribution in [1.29, 1.82) is 0 Å². The largest absolute Gasteiger partial charge is 0.490 e. The van der Waals surface area contributed by atoms with Gasteiger partial charge in [-0.25, -0.2) is 9.00 Å². The van der Waals surface area contributed by atoms with Gasteiger partial charge in [0.05, 0.1) is 29.8 Å². The van der Waals surface area contributed by atoms with Crippen molar-refractivity contribution in [1.82, 2.24) is 10.0 Å². The van der Waals surface area contributed by atoms with Crippen LogP contribution < -0.4 is 19.7 Å². The molecule has 10 nitrogen and oxygen atoms in total. The van der Waals surface area contributed by atoms with E-state index < -0.39 is 21.9 Å². The number of benzene rings is 2. The van der Waals surface area contributed by atoms with Gasteiger partial charge in [0.15, 0.2) is 0 Å². The van der Waals surface area contributed by atoms with Crippen molar-refractivity contribution in [2.75, 3.05) is 44.1 Å². The Morgan fingerprint density at radius 2 is 2.02 bits per heavy atom. The van der Waals surface area contributed by atoms with Gasteiger partial charge in [-0.2, -0.15) is 0 Å². The predicted octanol–water partition coefficient (Wildman–Crippen LogP) is 7.23. The zero-order chi connectivity index (χ0) is 36.7. The smallest absolute Gasteiger partial charge is 0.327 e. The van der Waals surface area contributed by atoms with Crippen LogP contribution in [-0.2, 0) is 31.2 Å². The number of anilines is 1. The number of ether oxygens (including phenoxy) is 3. The second-order valence-corrected chi connectivity index (χ2v) is 18.5. The highest BCUT2D eigenvalue weighted by Gasteiger charge is 2.45. The first-order chi connectivity index (χ1) is 24.9. The minimum absolute atomic E-state index is 0.0215. The Bertz CT molecular complexity index is 1840. The normalized spacial score (nSPS) is 35.0. The summed E-state index contributed by atoms with van der Waals surface area (Å²) < 4.78 is 40.0.